The van der Waals surface area contributed by atoms with Crippen LogP contribution in [0, 0.1) is 15.9 Å². The van der Waals surface area contributed by atoms with Crippen LogP contribution < -0.4 is 14.5 Å². The number of hydrogen-bond acceptors (Lipinski definition) is 9. The van der Waals surface area contributed by atoms with Gasteiger partial charge in [-0.3, -0.25) is 15.0 Å². The fraction of sp³-hybridized carbons (Fsp3) is 0.348. The van der Waals surface area contributed by atoms with Gasteiger partial charge in [0.15, 0.2) is 6.10 Å². The molecular weight excluding hydrogens is 465 g/mol. The molecule has 4 rings (SSSR count). The van der Waals surface area contributed by atoms with Crippen molar-refractivity contribution < 1.29 is 37.9 Å². The molecule has 0 spiro atoms. The molecular formula is C23H26FN3O8. The lowest BCUT2D eigenvalue weighted by Gasteiger charge is -2.29. The van der Waals surface area contributed by atoms with Crippen molar-refractivity contribution in [2.45, 2.75) is 13.0 Å². The average molecular weight is 491 g/mol. The first-order chi connectivity index (χ1) is 16.9. The van der Waals surface area contributed by atoms with E-state index in [2.05, 4.69) is 0 Å². The smallest absolute Gasteiger partial charge is 0.414 e. The van der Waals surface area contributed by atoms with Crippen molar-refractivity contribution in [3.63, 3.8) is 0 Å². The molecule has 11 nitrogen and oxygen atoms in total. The molecule has 2 aliphatic rings. The first-order valence-corrected chi connectivity index (χ1v) is 10.6. The molecule has 1 amide bonds. The number of cyclic esters (lactones) is 1. The highest BCUT2D eigenvalue weighted by atomic mass is 19.1. The summed E-state index contributed by atoms with van der Waals surface area (Å²) < 4.78 is 30.8. The zero-order valence-electron chi connectivity index (χ0n) is 19.1. The summed E-state index contributed by atoms with van der Waals surface area (Å²) in [4.78, 5) is 42.5. The second-order valence-electron chi connectivity index (χ2n) is 7.15. The highest BCUT2D eigenvalue weighted by Gasteiger charge is 2.33. The standard InChI is InChI=1S/C20H20FN3O6.C2H4O.CH2O/c21-18-11-15(3-6-19(18)22-7-9-28-10-8-22)23-12-17(30-20(23)25)13-29-16-4-1-14(2-5-16)24(26)27;1-2-3;1-2/h1-6,11,17H,7-10,12-13H2;2H,1H3;1H2. The van der Waals surface area contributed by atoms with E-state index in [0.717, 1.165) is 6.29 Å². The number of amides is 1. The molecule has 2 fully saturated rings. The summed E-state index contributed by atoms with van der Waals surface area (Å²) in [6.07, 6.45) is -0.375. The molecule has 2 heterocycles. The Hall–Kier alpha value is -4.06. The second-order valence-corrected chi connectivity index (χ2v) is 7.15. The number of ether oxygens (including phenoxy) is 3. The molecule has 2 aromatic carbocycles. The van der Waals surface area contributed by atoms with Gasteiger partial charge in [0.05, 0.1) is 36.1 Å². The average Bonchev–Trinajstić information content (AvgIpc) is 3.25. The van der Waals surface area contributed by atoms with E-state index in [0.29, 0.717) is 43.4 Å². The van der Waals surface area contributed by atoms with Gasteiger partial charge < -0.3 is 28.7 Å². The van der Waals surface area contributed by atoms with Crippen LogP contribution in [0.1, 0.15) is 6.92 Å². The van der Waals surface area contributed by atoms with Crippen molar-refractivity contribution >= 4 is 36.2 Å². The molecule has 1 atom stereocenters. The fourth-order valence-electron chi connectivity index (χ4n) is 3.40. The van der Waals surface area contributed by atoms with Crippen LogP contribution in [0.5, 0.6) is 5.75 Å². The number of anilines is 2. The van der Waals surface area contributed by atoms with Crippen LogP contribution in [0.4, 0.5) is 26.2 Å². The molecule has 0 N–H and O–H groups in total. The van der Waals surface area contributed by atoms with Gasteiger partial charge in [-0.05, 0) is 37.3 Å². The van der Waals surface area contributed by atoms with E-state index in [1.165, 1.54) is 42.2 Å². The van der Waals surface area contributed by atoms with Gasteiger partial charge in [0.2, 0.25) is 0 Å². The normalized spacial score (nSPS) is 16.7. The molecule has 35 heavy (non-hydrogen) atoms. The van der Waals surface area contributed by atoms with Crippen LogP contribution in [0.15, 0.2) is 42.5 Å². The number of carbonyl (C=O) groups excluding carboxylic acids is 3. The molecule has 2 aliphatic heterocycles. The minimum atomic E-state index is -0.578. The molecule has 12 heteroatoms. The first-order valence-electron chi connectivity index (χ1n) is 10.6. The Morgan fingerprint density at radius 3 is 2.40 bits per heavy atom. The third-order valence-electron chi connectivity index (χ3n) is 4.95. The number of hydrogen-bond donors (Lipinski definition) is 0. The van der Waals surface area contributed by atoms with Crippen LogP contribution in [-0.2, 0) is 19.1 Å². The summed E-state index contributed by atoms with van der Waals surface area (Å²) in [6.45, 7) is 6.07. The van der Waals surface area contributed by atoms with Crippen LogP contribution in [0.3, 0.4) is 0 Å². The topological polar surface area (TPSA) is 129 Å². The molecule has 1 unspecified atom stereocenters. The highest BCUT2D eigenvalue weighted by Crippen LogP contribution is 2.28. The predicted octanol–water partition coefficient (Wildman–Crippen LogP) is 3.00. The van der Waals surface area contributed by atoms with E-state index < -0.39 is 22.9 Å². The Kier molecular flexibility index (Phi) is 10.6. The highest BCUT2D eigenvalue weighted by molar-refractivity contribution is 5.90. The van der Waals surface area contributed by atoms with E-state index in [1.807, 2.05) is 11.7 Å². The largest absolute Gasteiger partial charge is 0.490 e. The molecule has 188 valence electrons. The van der Waals surface area contributed by atoms with Gasteiger partial charge in [0.25, 0.3) is 5.69 Å². The van der Waals surface area contributed by atoms with Crippen molar-refractivity contribution in [1.29, 1.82) is 0 Å². The number of nitro groups is 1. The second kappa shape index (κ2) is 13.6. The van der Waals surface area contributed by atoms with Crippen LogP contribution >= 0.6 is 0 Å². The summed E-state index contributed by atoms with van der Waals surface area (Å²) in [5.74, 6) is 0.0174. The maximum atomic E-state index is 14.6. The number of nitrogens with zero attached hydrogens (tertiary/aromatic N) is 3. The Morgan fingerprint density at radius 2 is 1.83 bits per heavy atom. The Morgan fingerprint density at radius 1 is 1.20 bits per heavy atom. The van der Waals surface area contributed by atoms with Crippen molar-refractivity contribution in [3.05, 3.63) is 58.4 Å². The summed E-state index contributed by atoms with van der Waals surface area (Å²) in [5, 5.41) is 10.7. The summed E-state index contributed by atoms with van der Waals surface area (Å²) in [6, 6.07) is 10.3. The van der Waals surface area contributed by atoms with Crippen molar-refractivity contribution in [1.82, 2.24) is 0 Å². The van der Waals surface area contributed by atoms with Crippen molar-refractivity contribution in [2.24, 2.45) is 0 Å². The zero-order chi connectivity index (χ0) is 25.8. The van der Waals surface area contributed by atoms with E-state index in [1.54, 1.807) is 12.1 Å². The van der Waals surface area contributed by atoms with Gasteiger partial charge in [0.1, 0.15) is 31.2 Å². The summed E-state index contributed by atoms with van der Waals surface area (Å²) >= 11 is 0. The minimum Gasteiger partial charge on any atom is -0.490 e. The van der Waals surface area contributed by atoms with Gasteiger partial charge >= 0.3 is 6.09 Å². The van der Waals surface area contributed by atoms with Crippen molar-refractivity contribution in [2.75, 3.05) is 49.3 Å². The Labute approximate surface area is 201 Å². The quantitative estimate of drug-likeness (QED) is 0.340. The minimum absolute atomic E-state index is 0.0385. The summed E-state index contributed by atoms with van der Waals surface area (Å²) in [7, 11) is 0. The maximum absolute atomic E-state index is 14.6. The number of non-ortho nitro benzene ring substituents is 1. The van der Waals surface area contributed by atoms with Gasteiger partial charge in [-0.1, -0.05) is 0 Å². The van der Waals surface area contributed by atoms with Crippen LogP contribution in [-0.4, -0.2) is 69.7 Å². The third kappa shape index (κ3) is 7.47. The van der Waals surface area contributed by atoms with E-state index in [-0.39, 0.29) is 18.8 Å². The lowest BCUT2D eigenvalue weighted by Crippen LogP contribution is -2.36. The monoisotopic (exact) mass is 491 g/mol. The number of benzene rings is 2. The molecule has 0 aromatic heterocycles. The molecule has 0 aliphatic carbocycles. The number of nitro benzene ring substituents is 1. The lowest BCUT2D eigenvalue weighted by atomic mass is 10.2. The Balaban J connectivity index is 0.000000803. The number of carbonyl (C=O) groups is 3. The third-order valence-corrected chi connectivity index (χ3v) is 4.95. The Bertz CT molecular complexity index is 999. The molecule has 0 radical (unpaired) electrons. The lowest BCUT2D eigenvalue weighted by molar-refractivity contribution is -0.384. The van der Waals surface area contributed by atoms with E-state index >= 15 is 0 Å². The molecule has 2 aromatic rings. The van der Waals surface area contributed by atoms with Gasteiger partial charge in [-0.25, -0.2) is 9.18 Å². The van der Waals surface area contributed by atoms with Crippen molar-refractivity contribution in [3.8, 4) is 5.75 Å². The summed E-state index contributed by atoms with van der Waals surface area (Å²) in [5.41, 5.74) is 0.850. The van der Waals surface area contributed by atoms with Gasteiger partial charge in [-0.2, -0.15) is 0 Å². The maximum Gasteiger partial charge on any atom is 0.414 e. The zero-order valence-corrected chi connectivity index (χ0v) is 19.1. The number of rotatable bonds is 6. The molecule has 0 bridgehead atoms. The molecule has 0 saturated carbocycles. The number of aldehydes is 1. The first kappa shape index (κ1) is 27.2. The predicted molar refractivity (Wildman–Crippen MR) is 124 cm³/mol. The SMILES string of the molecule is C=O.CC=O.O=C1OC(COc2ccc([N+](=O)[O-])cc2)CN1c1ccc(N2CCOCC2)c(F)c1. The van der Waals surface area contributed by atoms with E-state index in [9.17, 15) is 19.3 Å². The molecule has 2 saturated heterocycles. The fourth-order valence-corrected chi connectivity index (χ4v) is 3.40. The van der Waals surface area contributed by atoms with Gasteiger partial charge in [0, 0.05) is 25.2 Å². The number of halogens is 1. The number of morpholine rings is 1. The van der Waals surface area contributed by atoms with Crippen LogP contribution in [0.25, 0.3) is 0 Å². The van der Waals surface area contributed by atoms with Crippen LogP contribution in [0.2, 0.25) is 0 Å². The van der Waals surface area contributed by atoms with Gasteiger partial charge in [-0.15, -0.1) is 0 Å². The van der Waals surface area contributed by atoms with E-state index in [4.69, 9.17) is 23.8 Å².